The topological polar surface area (TPSA) is 35.8 Å². The van der Waals surface area contributed by atoms with Crippen LogP contribution >= 0.6 is 11.6 Å². The van der Waals surface area contributed by atoms with Crippen molar-refractivity contribution in [3.8, 4) is 6.07 Å². The zero-order valence-corrected chi connectivity index (χ0v) is 11.3. The van der Waals surface area contributed by atoms with E-state index >= 15 is 0 Å². The highest BCUT2D eigenvalue weighted by Crippen LogP contribution is 2.12. The smallest absolute Gasteiger partial charge is 0.0669 e. The van der Waals surface area contributed by atoms with E-state index in [4.69, 9.17) is 16.9 Å². The summed E-state index contributed by atoms with van der Waals surface area (Å²) in [6.07, 6.45) is 1.42. The lowest BCUT2D eigenvalue weighted by Gasteiger charge is -2.07. The zero-order chi connectivity index (χ0) is 13.5. The minimum Gasteiger partial charge on any atom is -0.385 e. The van der Waals surface area contributed by atoms with E-state index in [1.807, 2.05) is 48.5 Å². The van der Waals surface area contributed by atoms with Crippen LogP contribution in [0.1, 0.15) is 11.1 Å². The van der Waals surface area contributed by atoms with Crippen LogP contribution in [0.2, 0.25) is 5.02 Å². The molecule has 0 bridgehead atoms. The molecule has 96 valence electrons. The average Bonchev–Trinajstić information content (AvgIpc) is 2.43. The Kier molecular flexibility index (Phi) is 4.83. The third-order valence-corrected chi connectivity index (χ3v) is 3.15. The lowest BCUT2D eigenvalue weighted by atomic mass is 10.1. The first kappa shape index (κ1) is 13.5. The highest BCUT2D eigenvalue weighted by atomic mass is 35.5. The molecule has 0 aromatic heterocycles. The van der Waals surface area contributed by atoms with Gasteiger partial charge in [0.05, 0.1) is 12.5 Å². The third kappa shape index (κ3) is 4.31. The molecule has 2 aromatic rings. The Morgan fingerprint density at radius 2 is 1.58 bits per heavy atom. The van der Waals surface area contributed by atoms with Gasteiger partial charge in [0.15, 0.2) is 0 Å². The number of halogens is 1. The van der Waals surface area contributed by atoms with Crippen molar-refractivity contribution in [1.82, 2.24) is 0 Å². The standard InChI is InChI=1S/C16H15ClN2/c17-15-5-1-14(2-6-15)10-12-19-16-7-3-13(4-8-16)9-11-18/h1-8,19H,9-10,12H2. The van der Waals surface area contributed by atoms with Gasteiger partial charge in [0.2, 0.25) is 0 Å². The summed E-state index contributed by atoms with van der Waals surface area (Å²) in [4.78, 5) is 0. The van der Waals surface area contributed by atoms with Crippen molar-refractivity contribution in [2.45, 2.75) is 12.8 Å². The van der Waals surface area contributed by atoms with E-state index in [-0.39, 0.29) is 0 Å². The molecule has 0 aliphatic rings. The Bertz CT molecular complexity index is 553. The second-order valence-electron chi connectivity index (χ2n) is 4.34. The van der Waals surface area contributed by atoms with Gasteiger partial charge in [-0.2, -0.15) is 5.26 Å². The van der Waals surface area contributed by atoms with Crippen LogP contribution in [-0.4, -0.2) is 6.54 Å². The maximum absolute atomic E-state index is 8.60. The summed E-state index contributed by atoms with van der Waals surface area (Å²) >= 11 is 5.84. The molecule has 0 saturated carbocycles. The van der Waals surface area contributed by atoms with Crippen LogP contribution in [-0.2, 0) is 12.8 Å². The molecule has 0 saturated heterocycles. The molecular formula is C16H15ClN2. The Labute approximate surface area is 118 Å². The molecule has 0 spiro atoms. The maximum Gasteiger partial charge on any atom is 0.0669 e. The molecule has 0 fully saturated rings. The molecule has 0 aliphatic heterocycles. The molecule has 0 radical (unpaired) electrons. The van der Waals surface area contributed by atoms with Gasteiger partial charge in [-0.3, -0.25) is 0 Å². The van der Waals surface area contributed by atoms with Crippen LogP contribution in [0.5, 0.6) is 0 Å². The first-order chi connectivity index (χ1) is 9.28. The fourth-order valence-electron chi connectivity index (χ4n) is 1.83. The van der Waals surface area contributed by atoms with Crippen LogP contribution < -0.4 is 5.32 Å². The van der Waals surface area contributed by atoms with Crippen LogP contribution in [0.25, 0.3) is 0 Å². The van der Waals surface area contributed by atoms with Crippen molar-refractivity contribution in [2.75, 3.05) is 11.9 Å². The molecule has 0 unspecified atom stereocenters. The predicted octanol–water partition coefficient (Wildman–Crippen LogP) is 4.06. The number of rotatable bonds is 5. The Morgan fingerprint density at radius 1 is 0.947 bits per heavy atom. The minimum atomic E-state index is 0.463. The maximum atomic E-state index is 8.60. The van der Waals surface area contributed by atoms with Crippen molar-refractivity contribution in [3.05, 3.63) is 64.7 Å². The zero-order valence-electron chi connectivity index (χ0n) is 10.6. The number of hydrogen-bond acceptors (Lipinski definition) is 2. The van der Waals surface area contributed by atoms with Gasteiger partial charge in [-0.15, -0.1) is 0 Å². The molecule has 2 nitrogen and oxygen atoms in total. The monoisotopic (exact) mass is 270 g/mol. The summed E-state index contributed by atoms with van der Waals surface area (Å²) in [5, 5.41) is 12.7. The van der Waals surface area contributed by atoms with Crippen molar-refractivity contribution < 1.29 is 0 Å². The summed E-state index contributed by atoms with van der Waals surface area (Å²) in [6.45, 7) is 0.874. The van der Waals surface area contributed by atoms with Gasteiger partial charge in [0.1, 0.15) is 0 Å². The summed E-state index contributed by atoms with van der Waals surface area (Å²) in [6, 6.07) is 18.0. The number of hydrogen-bond donors (Lipinski definition) is 1. The van der Waals surface area contributed by atoms with E-state index < -0.39 is 0 Å². The number of benzene rings is 2. The predicted molar refractivity (Wildman–Crippen MR) is 79.4 cm³/mol. The highest BCUT2D eigenvalue weighted by Gasteiger charge is 1.96. The first-order valence-corrected chi connectivity index (χ1v) is 6.60. The Balaban J connectivity index is 1.82. The highest BCUT2D eigenvalue weighted by molar-refractivity contribution is 6.30. The lowest BCUT2D eigenvalue weighted by Crippen LogP contribution is -2.04. The molecular weight excluding hydrogens is 256 g/mol. The Hall–Kier alpha value is -1.98. The number of nitrogens with zero attached hydrogens (tertiary/aromatic N) is 1. The molecule has 2 rings (SSSR count). The normalized spacial score (nSPS) is 9.89. The van der Waals surface area contributed by atoms with E-state index in [0.29, 0.717) is 6.42 Å². The van der Waals surface area contributed by atoms with E-state index in [0.717, 1.165) is 29.2 Å². The van der Waals surface area contributed by atoms with Crippen LogP contribution in [0, 0.1) is 11.3 Å². The van der Waals surface area contributed by atoms with Crippen molar-refractivity contribution in [2.24, 2.45) is 0 Å². The van der Waals surface area contributed by atoms with Gasteiger partial charge in [0, 0.05) is 17.3 Å². The number of nitriles is 1. The van der Waals surface area contributed by atoms with Gasteiger partial charge in [-0.25, -0.2) is 0 Å². The Morgan fingerprint density at radius 3 is 2.21 bits per heavy atom. The summed E-state index contributed by atoms with van der Waals surface area (Å²) < 4.78 is 0. The third-order valence-electron chi connectivity index (χ3n) is 2.89. The summed E-state index contributed by atoms with van der Waals surface area (Å²) in [5.74, 6) is 0. The van der Waals surface area contributed by atoms with E-state index in [2.05, 4.69) is 11.4 Å². The molecule has 3 heteroatoms. The second kappa shape index (κ2) is 6.82. The molecule has 0 heterocycles. The van der Waals surface area contributed by atoms with Crippen LogP contribution in [0.15, 0.2) is 48.5 Å². The molecule has 0 atom stereocenters. The van der Waals surface area contributed by atoms with Gasteiger partial charge < -0.3 is 5.32 Å². The lowest BCUT2D eigenvalue weighted by molar-refractivity contribution is 1.02. The molecule has 0 aliphatic carbocycles. The summed E-state index contributed by atoms with van der Waals surface area (Å²) in [5.41, 5.74) is 3.39. The van der Waals surface area contributed by atoms with E-state index in [1.165, 1.54) is 5.56 Å². The van der Waals surface area contributed by atoms with Crippen LogP contribution in [0.3, 0.4) is 0 Å². The van der Waals surface area contributed by atoms with Gasteiger partial charge in [-0.1, -0.05) is 35.9 Å². The summed E-state index contributed by atoms with van der Waals surface area (Å²) in [7, 11) is 0. The average molecular weight is 271 g/mol. The largest absolute Gasteiger partial charge is 0.385 e. The van der Waals surface area contributed by atoms with Gasteiger partial charge >= 0.3 is 0 Å². The van der Waals surface area contributed by atoms with Crippen molar-refractivity contribution in [1.29, 1.82) is 5.26 Å². The number of anilines is 1. The molecule has 19 heavy (non-hydrogen) atoms. The van der Waals surface area contributed by atoms with Gasteiger partial charge in [-0.05, 0) is 41.8 Å². The molecule has 1 N–H and O–H groups in total. The fourth-order valence-corrected chi connectivity index (χ4v) is 1.96. The quantitative estimate of drug-likeness (QED) is 0.889. The molecule has 0 amide bonds. The van der Waals surface area contributed by atoms with E-state index in [1.54, 1.807) is 0 Å². The van der Waals surface area contributed by atoms with Crippen molar-refractivity contribution >= 4 is 17.3 Å². The van der Waals surface area contributed by atoms with E-state index in [9.17, 15) is 0 Å². The fraction of sp³-hybridized carbons (Fsp3) is 0.188. The molecule has 2 aromatic carbocycles. The minimum absolute atomic E-state index is 0.463. The number of nitrogens with one attached hydrogen (secondary N) is 1. The SMILES string of the molecule is N#CCc1ccc(NCCc2ccc(Cl)cc2)cc1. The first-order valence-electron chi connectivity index (χ1n) is 6.22. The second-order valence-corrected chi connectivity index (χ2v) is 4.77. The van der Waals surface area contributed by atoms with Crippen LogP contribution in [0.4, 0.5) is 5.69 Å². The van der Waals surface area contributed by atoms with Gasteiger partial charge in [0.25, 0.3) is 0 Å². The van der Waals surface area contributed by atoms with Crippen molar-refractivity contribution in [3.63, 3.8) is 0 Å².